The fourth-order valence-corrected chi connectivity index (χ4v) is 7.30. The summed E-state index contributed by atoms with van der Waals surface area (Å²) in [7, 11) is 0. The molecule has 0 spiro atoms. The minimum absolute atomic E-state index is 1.03. The molecule has 0 aliphatic heterocycles. The first-order valence-electron chi connectivity index (χ1n) is 17.5. The first-order valence-corrected chi connectivity index (χ1v) is 17.5. The Morgan fingerprint density at radius 2 is 0.725 bits per heavy atom. The van der Waals surface area contributed by atoms with Gasteiger partial charge in [-0.2, -0.15) is 0 Å². The fraction of sp³-hybridized carbons (Fsp3) is 0.0196. The Morgan fingerprint density at radius 3 is 1.18 bits per heavy atom. The third-order valence-electron chi connectivity index (χ3n) is 9.94. The average Bonchev–Trinajstić information content (AvgIpc) is 3.20. The molecule has 0 aliphatic carbocycles. The summed E-state index contributed by atoms with van der Waals surface area (Å²) in [6.45, 7) is 10.8. The number of hydrogen-bond acceptors (Lipinski definition) is 0. The van der Waals surface area contributed by atoms with E-state index in [1.807, 2.05) is 6.08 Å². The molecule has 0 aromatic heterocycles. The maximum Gasteiger partial charge on any atom is -0.00264 e. The Hall–Kier alpha value is -6.50. The molecule has 0 amide bonds. The van der Waals surface area contributed by atoms with Crippen LogP contribution in [0.3, 0.4) is 0 Å². The first-order chi connectivity index (χ1) is 25.1. The van der Waals surface area contributed by atoms with Crippen molar-refractivity contribution in [3.8, 4) is 66.8 Å². The van der Waals surface area contributed by atoms with Crippen LogP contribution < -0.4 is 10.4 Å². The van der Waals surface area contributed by atoms with E-state index < -0.39 is 0 Å². The van der Waals surface area contributed by atoms with Crippen LogP contribution in [-0.4, -0.2) is 0 Å². The van der Waals surface area contributed by atoms with Crippen molar-refractivity contribution < 1.29 is 0 Å². The highest BCUT2D eigenvalue weighted by molar-refractivity contribution is 6.00. The molecule has 0 fully saturated rings. The molecule has 0 radical (unpaired) electrons. The van der Waals surface area contributed by atoms with Gasteiger partial charge in [-0.3, -0.25) is 0 Å². The quantitative estimate of drug-likeness (QED) is 0.161. The minimum atomic E-state index is 1.03. The summed E-state index contributed by atoms with van der Waals surface area (Å²) in [5, 5.41) is 4.58. The molecular weight excluding hydrogens is 613 g/mol. The Bertz CT molecular complexity index is 2590. The van der Waals surface area contributed by atoms with Gasteiger partial charge in [-0.1, -0.05) is 159 Å². The van der Waals surface area contributed by atoms with Crippen molar-refractivity contribution in [1.82, 2.24) is 0 Å². The summed E-state index contributed by atoms with van der Waals surface area (Å²) >= 11 is 0. The Kier molecular flexibility index (Phi) is 8.58. The Labute approximate surface area is 300 Å². The molecule has 8 rings (SSSR count). The smallest absolute Gasteiger partial charge is 0.00264 e. The van der Waals surface area contributed by atoms with Gasteiger partial charge >= 0.3 is 0 Å². The van der Waals surface area contributed by atoms with Crippen LogP contribution in [0.5, 0.6) is 0 Å². The topological polar surface area (TPSA) is 0 Å². The van der Waals surface area contributed by atoms with E-state index >= 15 is 0 Å². The second kappa shape index (κ2) is 13.8. The number of rotatable bonds is 7. The van der Waals surface area contributed by atoms with Crippen LogP contribution >= 0.6 is 0 Å². The van der Waals surface area contributed by atoms with Crippen LogP contribution in [0.15, 0.2) is 189 Å². The molecule has 0 atom stereocenters. The van der Waals surface area contributed by atoms with Crippen molar-refractivity contribution >= 4 is 23.4 Å². The minimum Gasteiger partial charge on any atom is -0.0990 e. The predicted molar refractivity (Wildman–Crippen MR) is 221 cm³/mol. The molecule has 0 N–H and O–H groups in total. The number of allylic oxidation sites excluding steroid dienone is 1. The van der Waals surface area contributed by atoms with Crippen LogP contribution in [-0.2, 0) is 0 Å². The highest BCUT2D eigenvalue weighted by Gasteiger charge is 2.15. The van der Waals surface area contributed by atoms with Gasteiger partial charge in [0.25, 0.3) is 0 Å². The molecular formula is C51H38. The van der Waals surface area contributed by atoms with E-state index in [1.165, 1.54) is 72.0 Å². The Morgan fingerprint density at radius 1 is 0.373 bits per heavy atom. The van der Waals surface area contributed by atoms with Gasteiger partial charge in [-0.05, 0) is 143 Å². The highest BCUT2D eigenvalue weighted by atomic mass is 14.2. The summed E-state index contributed by atoms with van der Waals surface area (Å²) in [5.41, 5.74) is 15.4. The summed E-state index contributed by atoms with van der Waals surface area (Å²) in [4.78, 5) is 0. The summed E-state index contributed by atoms with van der Waals surface area (Å²) in [6.07, 6.45) is 3.98. The van der Waals surface area contributed by atoms with Crippen molar-refractivity contribution in [2.24, 2.45) is 0 Å². The zero-order valence-electron chi connectivity index (χ0n) is 28.8. The molecule has 242 valence electrons. The van der Waals surface area contributed by atoms with E-state index in [-0.39, 0.29) is 0 Å². The van der Waals surface area contributed by atoms with E-state index in [1.54, 1.807) is 0 Å². The van der Waals surface area contributed by atoms with E-state index in [9.17, 15) is 0 Å². The number of hydrogen-bond donors (Lipinski definition) is 0. The van der Waals surface area contributed by atoms with E-state index in [0.29, 0.717) is 0 Å². The van der Waals surface area contributed by atoms with Gasteiger partial charge in [0.05, 0.1) is 0 Å². The fourth-order valence-electron chi connectivity index (χ4n) is 7.30. The van der Waals surface area contributed by atoms with E-state index in [0.717, 1.165) is 21.6 Å². The molecule has 0 aliphatic rings. The van der Waals surface area contributed by atoms with E-state index in [4.69, 9.17) is 0 Å². The largest absolute Gasteiger partial charge is 0.0990 e. The third kappa shape index (κ3) is 6.25. The van der Waals surface area contributed by atoms with Crippen LogP contribution in [0.4, 0.5) is 0 Å². The van der Waals surface area contributed by atoms with Crippen molar-refractivity contribution in [2.45, 2.75) is 6.92 Å². The molecule has 8 aromatic rings. The molecule has 0 heteroatoms. The normalized spacial score (nSPS) is 11.5. The van der Waals surface area contributed by atoms with Gasteiger partial charge in [-0.25, -0.2) is 0 Å². The molecule has 0 nitrogen and oxygen atoms in total. The highest BCUT2D eigenvalue weighted by Crippen LogP contribution is 2.38. The first kappa shape index (κ1) is 31.7. The summed E-state index contributed by atoms with van der Waals surface area (Å²) in [5.74, 6) is 0. The van der Waals surface area contributed by atoms with Crippen LogP contribution in [0.25, 0.3) is 90.2 Å². The Balaban J connectivity index is 1.35. The monoisotopic (exact) mass is 650 g/mol. The predicted octanol–water partition coefficient (Wildman–Crippen LogP) is 12.5. The standard InChI is InChI=1S/C51H38/c1-4-17-49-36(3)35(2)48-26-14-15-27-50(48)51(49)47-33-44(39-22-12-7-13-23-39)32-46(34-47)41-25-16-24-40(28-41)45-30-42(37-18-8-5-9-19-37)29-43(31-45)38-20-10-6-11-21-38/h4-34H,1,3H2,2H3. The maximum absolute atomic E-state index is 4.56. The lowest BCUT2D eigenvalue weighted by atomic mass is 9.87. The SMILES string of the molecule is C=CC=c1c(-c2cc(-c3ccccc3)cc(-c3cccc(-c4cc(-c5ccccc5)cc(-c5ccccc5)c4)c3)c2)c2ccccc2c(C)c1=C. The summed E-state index contributed by atoms with van der Waals surface area (Å²) < 4.78 is 0. The second-order valence-corrected chi connectivity index (χ2v) is 13.1. The lowest BCUT2D eigenvalue weighted by molar-refractivity contribution is 1.42. The van der Waals surface area contributed by atoms with Crippen molar-refractivity contribution in [3.63, 3.8) is 0 Å². The van der Waals surface area contributed by atoms with Crippen molar-refractivity contribution in [1.29, 1.82) is 0 Å². The van der Waals surface area contributed by atoms with Crippen LogP contribution in [0.1, 0.15) is 5.56 Å². The van der Waals surface area contributed by atoms with Crippen molar-refractivity contribution in [2.75, 3.05) is 0 Å². The lowest BCUT2D eigenvalue weighted by Crippen LogP contribution is -2.28. The second-order valence-electron chi connectivity index (χ2n) is 13.1. The molecule has 0 bridgehead atoms. The van der Waals surface area contributed by atoms with Gasteiger partial charge in [0.1, 0.15) is 0 Å². The van der Waals surface area contributed by atoms with Gasteiger partial charge in [-0.15, -0.1) is 0 Å². The number of aryl methyl sites for hydroxylation is 1. The third-order valence-corrected chi connectivity index (χ3v) is 9.94. The zero-order valence-corrected chi connectivity index (χ0v) is 28.8. The van der Waals surface area contributed by atoms with Gasteiger partial charge in [0.2, 0.25) is 0 Å². The van der Waals surface area contributed by atoms with E-state index in [2.05, 4.69) is 202 Å². The lowest BCUT2D eigenvalue weighted by Gasteiger charge is -2.16. The molecule has 0 saturated carbocycles. The van der Waals surface area contributed by atoms with Crippen LogP contribution in [0, 0.1) is 6.92 Å². The number of fused-ring (bicyclic) bond motifs is 1. The average molecular weight is 651 g/mol. The molecule has 0 unspecified atom stereocenters. The maximum atomic E-state index is 4.56. The van der Waals surface area contributed by atoms with Gasteiger partial charge < -0.3 is 0 Å². The molecule has 8 aromatic carbocycles. The summed E-state index contributed by atoms with van der Waals surface area (Å²) in [6, 6.07) is 63.6. The molecule has 51 heavy (non-hydrogen) atoms. The van der Waals surface area contributed by atoms with Gasteiger partial charge in [0.15, 0.2) is 0 Å². The molecule has 0 saturated heterocycles. The number of benzene rings is 8. The van der Waals surface area contributed by atoms with Crippen molar-refractivity contribution in [3.05, 3.63) is 205 Å². The zero-order chi connectivity index (χ0) is 34.7. The van der Waals surface area contributed by atoms with Crippen LogP contribution in [0.2, 0.25) is 0 Å². The molecule has 0 heterocycles. The van der Waals surface area contributed by atoms with Gasteiger partial charge in [0, 0.05) is 0 Å².